The lowest BCUT2D eigenvalue weighted by Gasteiger charge is -2.66. The minimum atomic E-state index is -0.975. The van der Waals surface area contributed by atoms with E-state index in [1.165, 1.54) is 11.1 Å². The number of piperidine rings is 1. The van der Waals surface area contributed by atoms with Gasteiger partial charge in [0.25, 0.3) is 0 Å². The van der Waals surface area contributed by atoms with E-state index < -0.39 is 16.6 Å². The van der Waals surface area contributed by atoms with Gasteiger partial charge in [0.2, 0.25) is 0 Å². The van der Waals surface area contributed by atoms with E-state index in [-0.39, 0.29) is 18.4 Å². The number of hydrogen-bond donors (Lipinski definition) is 0. The molecule has 35 heavy (non-hydrogen) atoms. The van der Waals surface area contributed by atoms with Crippen molar-refractivity contribution in [3.05, 3.63) is 59.2 Å². The molecule has 2 aromatic carbocycles. The number of ether oxygens (including phenoxy) is 3. The molecule has 1 saturated heterocycles. The molecule has 6 rings (SSSR count). The van der Waals surface area contributed by atoms with E-state index in [0.717, 1.165) is 44.2 Å². The smallest absolute Gasteiger partial charge is 0.177 e. The van der Waals surface area contributed by atoms with Crippen molar-refractivity contribution in [3.8, 4) is 23.8 Å². The molecule has 2 heterocycles. The van der Waals surface area contributed by atoms with Gasteiger partial charge in [0.05, 0.1) is 11.0 Å². The average Bonchev–Trinajstić information content (AvgIpc) is 3.15. The van der Waals surface area contributed by atoms with Crippen LogP contribution in [0, 0.1) is 12.3 Å². The van der Waals surface area contributed by atoms with Crippen LogP contribution in [0.15, 0.2) is 42.5 Å². The summed E-state index contributed by atoms with van der Waals surface area (Å²) in [7, 11) is 2.20. The number of carbonyl (C=O) groups is 1. The largest absolute Gasteiger partial charge is 0.477 e. The van der Waals surface area contributed by atoms with Crippen molar-refractivity contribution in [2.45, 2.75) is 68.1 Å². The first-order chi connectivity index (χ1) is 17.0. The number of carbonyl (C=O) groups excluding carboxylic acids is 1. The van der Waals surface area contributed by atoms with E-state index in [1.54, 1.807) is 0 Å². The second kappa shape index (κ2) is 8.11. The predicted molar refractivity (Wildman–Crippen MR) is 134 cm³/mol. The van der Waals surface area contributed by atoms with E-state index in [9.17, 15) is 4.79 Å². The van der Waals surface area contributed by atoms with E-state index in [1.807, 2.05) is 19.1 Å². The highest BCUT2D eigenvalue weighted by molar-refractivity contribution is 5.94. The first-order valence-electron chi connectivity index (χ1n) is 12.8. The molecule has 2 fully saturated rings. The van der Waals surface area contributed by atoms with Crippen LogP contribution in [0.3, 0.4) is 0 Å². The zero-order valence-corrected chi connectivity index (χ0v) is 20.6. The van der Waals surface area contributed by atoms with Gasteiger partial charge in [-0.2, -0.15) is 0 Å². The number of Topliss-reactive ketones (excluding diaryl/α,β-unsaturated/α-hetero) is 1. The summed E-state index contributed by atoms with van der Waals surface area (Å²) in [5.74, 6) is 4.05. The highest BCUT2D eigenvalue weighted by Crippen LogP contribution is 2.69. The van der Waals surface area contributed by atoms with Gasteiger partial charge in [-0.05, 0) is 69.8 Å². The second-order valence-electron chi connectivity index (χ2n) is 10.7. The normalized spacial score (nSPS) is 32.5. The Kier molecular flexibility index (Phi) is 5.25. The summed E-state index contributed by atoms with van der Waals surface area (Å²) in [5, 5.41) is 0. The number of rotatable bonds is 7. The number of terminal acetylenes is 1. The minimum absolute atomic E-state index is 0.163. The van der Waals surface area contributed by atoms with E-state index >= 15 is 0 Å². The van der Waals surface area contributed by atoms with Crippen molar-refractivity contribution in [2.24, 2.45) is 0 Å². The molecule has 4 atom stereocenters. The number of hydrogen-bond acceptors (Lipinski definition) is 5. The summed E-state index contributed by atoms with van der Waals surface area (Å²) in [6.45, 7) is 3.72. The summed E-state index contributed by atoms with van der Waals surface area (Å²) in [5.41, 5.74) is 1.71. The van der Waals surface area contributed by atoms with E-state index in [4.69, 9.17) is 20.6 Å². The lowest BCUT2D eigenvalue weighted by Crippen LogP contribution is -2.80. The highest BCUT2D eigenvalue weighted by Gasteiger charge is 2.78. The molecule has 4 aliphatic rings. The summed E-state index contributed by atoms with van der Waals surface area (Å²) < 4.78 is 19.7. The summed E-state index contributed by atoms with van der Waals surface area (Å²) in [6.07, 6.45) is 10.3. The molecule has 2 aliphatic heterocycles. The van der Waals surface area contributed by atoms with Crippen molar-refractivity contribution in [1.29, 1.82) is 0 Å². The Bertz CT molecular complexity index is 1200. The van der Waals surface area contributed by atoms with Crippen LogP contribution in [-0.4, -0.2) is 54.7 Å². The Morgan fingerprint density at radius 2 is 2.03 bits per heavy atom. The van der Waals surface area contributed by atoms with Gasteiger partial charge in [-0.15, -0.1) is 6.42 Å². The second-order valence-corrected chi connectivity index (χ2v) is 10.7. The number of benzene rings is 2. The van der Waals surface area contributed by atoms with Gasteiger partial charge in [-0.3, -0.25) is 4.79 Å². The Balaban J connectivity index is 1.43. The lowest BCUT2D eigenvalue weighted by molar-refractivity contribution is -0.228. The monoisotopic (exact) mass is 471 g/mol. The Morgan fingerprint density at radius 1 is 1.20 bits per heavy atom. The number of nitrogens with zero attached hydrogens (tertiary/aromatic N) is 1. The topological polar surface area (TPSA) is 48.0 Å². The van der Waals surface area contributed by atoms with Crippen molar-refractivity contribution in [1.82, 2.24) is 4.90 Å². The molecule has 1 spiro atoms. The maximum atomic E-state index is 13.6. The quantitative estimate of drug-likeness (QED) is 0.450. The van der Waals surface area contributed by atoms with Gasteiger partial charge in [0, 0.05) is 24.6 Å². The fraction of sp³-hybridized carbons (Fsp3) is 0.500. The number of aryl methyl sites for hydroxylation is 1. The summed E-state index contributed by atoms with van der Waals surface area (Å²) >= 11 is 0. The molecule has 2 aromatic rings. The molecule has 2 bridgehead atoms. The Morgan fingerprint density at radius 3 is 2.83 bits per heavy atom. The molecule has 0 N–H and O–H groups in total. The molecule has 5 nitrogen and oxygen atoms in total. The van der Waals surface area contributed by atoms with Crippen LogP contribution in [0.25, 0.3) is 0 Å². The summed E-state index contributed by atoms with van der Waals surface area (Å²) in [6, 6.07) is 14.8. The first-order valence-corrected chi connectivity index (χ1v) is 12.8. The van der Waals surface area contributed by atoms with E-state index in [2.05, 4.69) is 48.2 Å². The van der Waals surface area contributed by atoms with Gasteiger partial charge >= 0.3 is 0 Å². The molecule has 0 radical (unpaired) electrons. The SMILES string of the molecule is C#CCOc1ccc2c3c1O[C@@]1(C)C(=O)CC[C@@]4(OCCCc5ccccc5)[C@@H](C2)N(C)CC[C@]314. The Hall–Kier alpha value is -2.81. The lowest BCUT2D eigenvalue weighted by atomic mass is 9.45. The third kappa shape index (κ3) is 2.93. The molecular formula is C30H33NO4. The van der Waals surface area contributed by atoms with Crippen LogP contribution in [0.1, 0.15) is 49.3 Å². The first kappa shape index (κ1) is 22.6. The summed E-state index contributed by atoms with van der Waals surface area (Å²) in [4.78, 5) is 16.1. The number of likely N-dealkylation sites (N-methyl/N-ethyl adjacent to an activating group) is 1. The molecule has 182 valence electrons. The Labute approximate surface area is 207 Å². The van der Waals surface area contributed by atoms with Gasteiger partial charge in [0.15, 0.2) is 22.9 Å². The molecule has 0 unspecified atom stereocenters. The number of likely N-dealkylation sites (tertiary alicyclic amines) is 1. The predicted octanol–water partition coefficient (Wildman–Crippen LogP) is 4.10. The maximum absolute atomic E-state index is 13.6. The van der Waals surface area contributed by atoms with Crippen LogP contribution < -0.4 is 9.47 Å². The highest BCUT2D eigenvalue weighted by atomic mass is 16.6. The maximum Gasteiger partial charge on any atom is 0.177 e. The zero-order chi connectivity index (χ0) is 24.3. The molecule has 2 aliphatic carbocycles. The molecule has 0 amide bonds. The standard InChI is InChI=1S/C30H33NO4/c1-4-18-33-23-13-12-22-20-24-30(34-19-8-11-21-9-6-5-7-10-21)15-14-25(32)28(2)29(30,16-17-31(24)3)26(22)27(23)35-28/h1,5-7,9-10,12-13,24H,8,11,14-20H2,2-3H3/t24-,28+,29+,30-/m1/s1. The third-order valence-corrected chi connectivity index (χ3v) is 9.18. The number of ketones is 1. The fourth-order valence-electron chi connectivity index (χ4n) is 7.65. The van der Waals surface area contributed by atoms with Crippen molar-refractivity contribution in [2.75, 3.05) is 26.8 Å². The van der Waals surface area contributed by atoms with Crippen LogP contribution in [0.2, 0.25) is 0 Å². The molecule has 5 heteroatoms. The van der Waals surface area contributed by atoms with Gasteiger partial charge in [0.1, 0.15) is 6.61 Å². The van der Waals surface area contributed by atoms with Crippen LogP contribution >= 0.6 is 0 Å². The van der Waals surface area contributed by atoms with Crippen LogP contribution in [0.5, 0.6) is 11.5 Å². The van der Waals surface area contributed by atoms with Gasteiger partial charge in [-0.1, -0.05) is 42.3 Å². The van der Waals surface area contributed by atoms with Gasteiger partial charge < -0.3 is 19.1 Å². The van der Waals surface area contributed by atoms with Gasteiger partial charge in [-0.25, -0.2) is 0 Å². The van der Waals surface area contributed by atoms with Crippen LogP contribution in [-0.2, 0) is 27.8 Å². The molecule has 1 saturated carbocycles. The zero-order valence-electron chi connectivity index (χ0n) is 20.6. The third-order valence-electron chi connectivity index (χ3n) is 9.18. The van der Waals surface area contributed by atoms with Crippen molar-refractivity contribution in [3.63, 3.8) is 0 Å². The molecular weight excluding hydrogens is 438 g/mol. The van der Waals surface area contributed by atoms with Crippen molar-refractivity contribution >= 4 is 5.78 Å². The van der Waals surface area contributed by atoms with Crippen LogP contribution in [0.4, 0.5) is 0 Å². The fourth-order valence-corrected chi connectivity index (χ4v) is 7.65. The average molecular weight is 472 g/mol. The minimum Gasteiger partial charge on any atom is -0.477 e. The van der Waals surface area contributed by atoms with Crippen molar-refractivity contribution < 1.29 is 19.0 Å². The van der Waals surface area contributed by atoms with E-state index in [0.29, 0.717) is 24.5 Å². The molecule has 0 aromatic heterocycles.